The van der Waals surface area contributed by atoms with Crippen LogP contribution in [0.25, 0.3) is 0 Å². The van der Waals surface area contributed by atoms with Gasteiger partial charge in [-0.1, -0.05) is 71.8 Å². The lowest BCUT2D eigenvalue weighted by molar-refractivity contribution is -0.133. The van der Waals surface area contributed by atoms with Gasteiger partial charge in [-0.05, 0) is 18.8 Å². The minimum atomic E-state index is -0.815. The number of aliphatic carboxylic acids is 1. The van der Waals surface area contributed by atoms with E-state index in [9.17, 15) is 4.79 Å². The highest BCUT2D eigenvalue weighted by molar-refractivity contribution is 5.86. The maximum Gasteiger partial charge on any atom is 0.331 e. The van der Waals surface area contributed by atoms with E-state index in [2.05, 4.69) is 20.4 Å². The van der Waals surface area contributed by atoms with Crippen molar-refractivity contribution in [3.8, 4) is 0 Å². The summed E-state index contributed by atoms with van der Waals surface area (Å²) in [5.74, 6) is -0.624. The van der Waals surface area contributed by atoms with Crippen molar-refractivity contribution in [2.45, 2.75) is 78.1 Å². The van der Waals surface area contributed by atoms with Crippen molar-refractivity contribution in [3.05, 3.63) is 12.2 Å². The summed E-state index contributed by atoms with van der Waals surface area (Å²) in [6, 6.07) is 0. The molecule has 0 amide bonds. The zero-order chi connectivity index (χ0) is 13.8. The van der Waals surface area contributed by atoms with E-state index >= 15 is 0 Å². The lowest BCUT2D eigenvalue weighted by Crippen LogP contribution is -2.12. The molecule has 106 valence electrons. The second-order valence-corrected chi connectivity index (χ2v) is 5.23. The molecule has 0 aromatic carbocycles. The van der Waals surface area contributed by atoms with Gasteiger partial charge in [-0.2, -0.15) is 0 Å². The number of carbonyl (C=O) groups is 1. The summed E-state index contributed by atoms with van der Waals surface area (Å²) in [7, 11) is 0. The first kappa shape index (κ1) is 17.2. The largest absolute Gasteiger partial charge is 0.478 e. The fourth-order valence-corrected chi connectivity index (χ4v) is 2.30. The summed E-state index contributed by atoms with van der Waals surface area (Å²) in [4.78, 5) is 11.0. The zero-order valence-electron chi connectivity index (χ0n) is 12.2. The van der Waals surface area contributed by atoms with Crippen molar-refractivity contribution in [1.82, 2.24) is 0 Å². The topological polar surface area (TPSA) is 37.3 Å². The lowest BCUT2D eigenvalue weighted by atomic mass is 9.89. The first-order valence-electron chi connectivity index (χ1n) is 7.55. The molecule has 2 nitrogen and oxygen atoms in total. The summed E-state index contributed by atoms with van der Waals surface area (Å²) in [6.45, 7) is 8.13. The Morgan fingerprint density at radius 2 is 1.39 bits per heavy atom. The third-order valence-corrected chi connectivity index (χ3v) is 3.58. The molecule has 0 saturated carbocycles. The number of hydrogen-bond donors (Lipinski definition) is 1. The van der Waals surface area contributed by atoms with Crippen LogP contribution in [0.4, 0.5) is 0 Å². The van der Waals surface area contributed by atoms with E-state index in [0.717, 1.165) is 25.7 Å². The molecule has 0 aliphatic heterocycles. The summed E-state index contributed by atoms with van der Waals surface area (Å²) in [6.07, 6.45) is 11.7. The minimum absolute atomic E-state index is 0.190. The molecule has 0 fully saturated rings. The van der Waals surface area contributed by atoms with Gasteiger partial charge in [0, 0.05) is 5.57 Å². The van der Waals surface area contributed by atoms with Gasteiger partial charge in [0.15, 0.2) is 0 Å². The van der Waals surface area contributed by atoms with E-state index in [1.54, 1.807) is 0 Å². The van der Waals surface area contributed by atoms with E-state index in [1.807, 2.05) is 0 Å². The van der Waals surface area contributed by atoms with Crippen molar-refractivity contribution >= 4 is 5.97 Å². The van der Waals surface area contributed by atoms with Crippen molar-refractivity contribution in [2.75, 3.05) is 0 Å². The molecule has 0 radical (unpaired) electrons. The molecule has 0 heterocycles. The Morgan fingerprint density at radius 3 is 1.89 bits per heavy atom. The molecular weight excluding hydrogens is 224 g/mol. The molecule has 0 aromatic heterocycles. The number of carboxylic acid groups (broad SMARTS) is 1. The van der Waals surface area contributed by atoms with Crippen LogP contribution >= 0.6 is 0 Å². The van der Waals surface area contributed by atoms with Gasteiger partial charge in [-0.25, -0.2) is 4.79 Å². The molecule has 0 aliphatic rings. The highest BCUT2D eigenvalue weighted by Gasteiger charge is 2.17. The molecular formula is C16H30O2. The van der Waals surface area contributed by atoms with E-state index in [-0.39, 0.29) is 5.92 Å². The highest BCUT2D eigenvalue weighted by atomic mass is 16.4. The van der Waals surface area contributed by atoms with Crippen LogP contribution in [0.1, 0.15) is 78.1 Å². The average molecular weight is 254 g/mol. The second kappa shape index (κ2) is 11.3. The van der Waals surface area contributed by atoms with Crippen LogP contribution in [-0.2, 0) is 4.79 Å². The predicted molar refractivity (Wildman–Crippen MR) is 77.8 cm³/mol. The fraction of sp³-hybridized carbons (Fsp3) is 0.812. The quantitative estimate of drug-likeness (QED) is 0.384. The number of unbranched alkanes of at least 4 members (excludes halogenated alkanes) is 6. The average Bonchev–Trinajstić information content (AvgIpc) is 2.35. The molecule has 1 unspecified atom stereocenters. The van der Waals surface area contributed by atoms with Gasteiger partial charge in [0.2, 0.25) is 0 Å². The summed E-state index contributed by atoms with van der Waals surface area (Å²) in [5, 5.41) is 9.05. The van der Waals surface area contributed by atoms with Gasteiger partial charge in [0.25, 0.3) is 0 Å². The maximum atomic E-state index is 11.0. The SMILES string of the molecule is C=C(C(=O)O)C(CCCCC)CCCCCCC. The van der Waals surface area contributed by atoms with Crippen LogP contribution in [0.2, 0.25) is 0 Å². The van der Waals surface area contributed by atoms with Crippen molar-refractivity contribution in [2.24, 2.45) is 5.92 Å². The molecule has 0 saturated heterocycles. The predicted octanol–water partition coefficient (Wildman–Crippen LogP) is 5.18. The summed E-state index contributed by atoms with van der Waals surface area (Å²) < 4.78 is 0. The first-order valence-corrected chi connectivity index (χ1v) is 7.55. The van der Waals surface area contributed by atoms with E-state index in [4.69, 9.17) is 5.11 Å². The highest BCUT2D eigenvalue weighted by Crippen LogP contribution is 2.24. The van der Waals surface area contributed by atoms with Crippen LogP contribution in [0, 0.1) is 5.92 Å². The zero-order valence-corrected chi connectivity index (χ0v) is 12.2. The summed E-state index contributed by atoms with van der Waals surface area (Å²) in [5.41, 5.74) is 0.418. The fourth-order valence-electron chi connectivity index (χ4n) is 2.30. The van der Waals surface area contributed by atoms with Gasteiger partial charge in [-0.3, -0.25) is 0 Å². The van der Waals surface area contributed by atoms with E-state index < -0.39 is 5.97 Å². The molecule has 0 spiro atoms. The van der Waals surface area contributed by atoms with Crippen LogP contribution < -0.4 is 0 Å². The van der Waals surface area contributed by atoms with Gasteiger partial charge in [0.05, 0.1) is 0 Å². The van der Waals surface area contributed by atoms with E-state index in [1.165, 1.54) is 38.5 Å². The second-order valence-electron chi connectivity index (χ2n) is 5.23. The molecule has 0 bridgehead atoms. The Bertz CT molecular complexity index is 233. The van der Waals surface area contributed by atoms with Crippen LogP contribution in [0.5, 0.6) is 0 Å². The normalized spacial score (nSPS) is 12.3. The molecule has 0 rings (SSSR count). The standard InChI is InChI=1S/C16H30O2/c1-4-6-8-9-11-13-15(12-10-7-5-2)14(3)16(17)18/h15H,3-13H2,1-2H3,(H,17,18). The van der Waals surface area contributed by atoms with Crippen molar-refractivity contribution in [3.63, 3.8) is 0 Å². The van der Waals surface area contributed by atoms with Crippen LogP contribution in [0.3, 0.4) is 0 Å². The number of rotatable bonds is 12. The Kier molecular flexibility index (Phi) is 10.8. The van der Waals surface area contributed by atoms with Gasteiger partial charge < -0.3 is 5.11 Å². The van der Waals surface area contributed by atoms with Crippen LogP contribution in [-0.4, -0.2) is 11.1 Å². The third-order valence-electron chi connectivity index (χ3n) is 3.58. The lowest BCUT2D eigenvalue weighted by Gasteiger charge is -2.16. The molecule has 1 N–H and O–H groups in total. The summed E-state index contributed by atoms with van der Waals surface area (Å²) >= 11 is 0. The van der Waals surface area contributed by atoms with Crippen molar-refractivity contribution < 1.29 is 9.90 Å². The molecule has 18 heavy (non-hydrogen) atoms. The molecule has 2 heteroatoms. The number of carboxylic acids is 1. The van der Waals surface area contributed by atoms with Gasteiger partial charge >= 0.3 is 5.97 Å². The smallest absolute Gasteiger partial charge is 0.331 e. The molecule has 1 atom stereocenters. The Balaban J connectivity index is 3.96. The third kappa shape index (κ3) is 8.32. The molecule has 0 aliphatic carbocycles. The Hall–Kier alpha value is -0.790. The minimum Gasteiger partial charge on any atom is -0.478 e. The van der Waals surface area contributed by atoms with Crippen LogP contribution in [0.15, 0.2) is 12.2 Å². The Labute approximate surface area is 112 Å². The maximum absolute atomic E-state index is 11.0. The van der Waals surface area contributed by atoms with E-state index in [0.29, 0.717) is 5.57 Å². The van der Waals surface area contributed by atoms with Crippen molar-refractivity contribution in [1.29, 1.82) is 0 Å². The van der Waals surface area contributed by atoms with Gasteiger partial charge in [0.1, 0.15) is 0 Å². The Morgan fingerprint density at radius 1 is 0.944 bits per heavy atom. The molecule has 0 aromatic rings. The monoisotopic (exact) mass is 254 g/mol. The van der Waals surface area contributed by atoms with Gasteiger partial charge in [-0.15, -0.1) is 0 Å². The first-order chi connectivity index (χ1) is 8.63. The number of hydrogen-bond acceptors (Lipinski definition) is 1.